The van der Waals surface area contributed by atoms with Crippen LogP contribution >= 0.6 is 0 Å². The molecule has 7 nitrogen and oxygen atoms in total. The van der Waals surface area contributed by atoms with Gasteiger partial charge in [0.15, 0.2) is 0 Å². The molecule has 1 aromatic rings. The third kappa shape index (κ3) is 4.44. The van der Waals surface area contributed by atoms with Gasteiger partial charge >= 0.3 is 12.0 Å². The van der Waals surface area contributed by atoms with E-state index in [4.69, 9.17) is 5.11 Å². The smallest absolute Gasteiger partial charge is 0.326 e. The van der Waals surface area contributed by atoms with E-state index in [1.54, 1.807) is 0 Å². The number of nitrogens with zero attached hydrogens (tertiary/aromatic N) is 1. The van der Waals surface area contributed by atoms with Gasteiger partial charge in [0.1, 0.15) is 6.04 Å². The molecule has 0 saturated carbocycles. The zero-order chi connectivity index (χ0) is 13.5. The Kier molecular flexibility index (Phi) is 5.16. The Morgan fingerprint density at radius 2 is 2.22 bits per heavy atom. The summed E-state index contributed by atoms with van der Waals surface area (Å²) in [5, 5.41) is 14.1. The zero-order valence-corrected chi connectivity index (χ0v) is 10.4. The van der Waals surface area contributed by atoms with Gasteiger partial charge in [-0.1, -0.05) is 6.92 Å². The number of imidazole rings is 1. The van der Waals surface area contributed by atoms with Crippen LogP contribution in [0.1, 0.15) is 26.0 Å². The molecule has 0 radical (unpaired) electrons. The molecule has 100 valence electrons. The summed E-state index contributed by atoms with van der Waals surface area (Å²) in [6.07, 6.45) is 3.95. The maximum Gasteiger partial charge on any atom is 0.326 e. The fourth-order valence-corrected chi connectivity index (χ4v) is 1.34. The molecule has 2 amide bonds. The van der Waals surface area contributed by atoms with Gasteiger partial charge in [-0.3, -0.25) is 0 Å². The van der Waals surface area contributed by atoms with Gasteiger partial charge in [0.2, 0.25) is 0 Å². The van der Waals surface area contributed by atoms with E-state index in [9.17, 15) is 9.59 Å². The number of carbonyl (C=O) groups excluding carboxylic acids is 1. The van der Waals surface area contributed by atoms with Crippen LogP contribution in [0, 0.1) is 0 Å². The minimum Gasteiger partial charge on any atom is -0.480 e. The van der Waals surface area contributed by atoms with Crippen molar-refractivity contribution in [3.05, 3.63) is 18.2 Å². The Morgan fingerprint density at radius 1 is 1.50 bits per heavy atom. The van der Waals surface area contributed by atoms with Gasteiger partial charge in [-0.25, -0.2) is 14.6 Å². The third-order valence-corrected chi connectivity index (χ3v) is 2.57. The molecule has 0 aliphatic rings. The normalized spacial score (nSPS) is 13.7. The maximum atomic E-state index is 11.5. The number of aliphatic carboxylic acids is 1. The number of aromatic amines is 1. The van der Waals surface area contributed by atoms with Crippen LogP contribution in [0.25, 0.3) is 0 Å². The molecular formula is C11H18N4O3. The van der Waals surface area contributed by atoms with Crippen LogP contribution < -0.4 is 10.6 Å². The average Bonchev–Trinajstić information content (AvgIpc) is 2.80. The second-order valence-corrected chi connectivity index (χ2v) is 4.10. The van der Waals surface area contributed by atoms with Crippen molar-refractivity contribution < 1.29 is 14.7 Å². The van der Waals surface area contributed by atoms with Crippen LogP contribution in [-0.2, 0) is 11.2 Å². The van der Waals surface area contributed by atoms with E-state index in [1.165, 1.54) is 12.5 Å². The molecule has 1 unspecified atom stereocenters. The maximum absolute atomic E-state index is 11.5. The quantitative estimate of drug-likeness (QED) is 0.593. The van der Waals surface area contributed by atoms with E-state index in [0.717, 1.165) is 6.42 Å². The summed E-state index contributed by atoms with van der Waals surface area (Å²) in [6, 6.07) is -1.45. The minimum absolute atomic E-state index is 0.00611. The Hall–Kier alpha value is -2.05. The molecule has 4 N–H and O–H groups in total. The first-order valence-corrected chi connectivity index (χ1v) is 5.80. The second-order valence-electron chi connectivity index (χ2n) is 4.10. The van der Waals surface area contributed by atoms with Crippen LogP contribution in [-0.4, -0.2) is 39.2 Å². The molecule has 7 heteroatoms. The van der Waals surface area contributed by atoms with Crippen molar-refractivity contribution in [3.8, 4) is 0 Å². The number of aromatic nitrogens is 2. The van der Waals surface area contributed by atoms with E-state index in [0.29, 0.717) is 5.69 Å². The van der Waals surface area contributed by atoms with Crippen molar-refractivity contribution in [2.24, 2.45) is 0 Å². The standard InChI is InChI=1S/C11H18N4O3/c1-3-7(2)14-11(18)15-9(10(16)17)4-8-5-12-6-13-8/h5-7,9H,3-4H2,1-2H3,(H,12,13)(H,16,17)(H2,14,15,18)/t7?,9-/m1/s1. The Bertz CT molecular complexity index is 391. The number of hydrogen-bond donors (Lipinski definition) is 4. The number of hydrogen-bond acceptors (Lipinski definition) is 3. The van der Waals surface area contributed by atoms with Crippen molar-refractivity contribution in [2.45, 2.75) is 38.8 Å². The molecule has 0 fully saturated rings. The van der Waals surface area contributed by atoms with Gasteiger partial charge < -0.3 is 20.7 Å². The molecule has 0 aromatic carbocycles. The fourth-order valence-electron chi connectivity index (χ4n) is 1.34. The van der Waals surface area contributed by atoms with Crippen molar-refractivity contribution in [2.75, 3.05) is 0 Å². The number of H-pyrrole nitrogens is 1. The average molecular weight is 254 g/mol. The van der Waals surface area contributed by atoms with E-state index < -0.39 is 18.0 Å². The lowest BCUT2D eigenvalue weighted by atomic mass is 10.1. The fraction of sp³-hybridized carbons (Fsp3) is 0.545. The van der Waals surface area contributed by atoms with E-state index in [2.05, 4.69) is 20.6 Å². The van der Waals surface area contributed by atoms with E-state index >= 15 is 0 Å². The van der Waals surface area contributed by atoms with Crippen LogP contribution in [0.2, 0.25) is 0 Å². The summed E-state index contributed by atoms with van der Waals surface area (Å²) >= 11 is 0. The highest BCUT2D eigenvalue weighted by Gasteiger charge is 2.21. The molecule has 18 heavy (non-hydrogen) atoms. The van der Waals surface area contributed by atoms with Crippen molar-refractivity contribution in [1.82, 2.24) is 20.6 Å². The summed E-state index contributed by atoms with van der Waals surface area (Å²) < 4.78 is 0. The summed E-state index contributed by atoms with van der Waals surface area (Å²) in [4.78, 5) is 29.2. The highest BCUT2D eigenvalue weighted by Crippen LogP contribution is 1.99. The third-order valence-electron chi connectivity index (χ3n) is 2.57. The van der Waals surface area contributed by atoms with Gasteiger partial charge in [-0.15, -0.1) is 0 Å². The number of nitrogens with one attached hydrogen (secondary N) is 3. The lowest BCUT2D eigenvalue weighted by Crippen LogP contribution is -2.49. The number of rotatable bonds is 6. The summed E-state index contributed by atoms with van der Waals surface area (Å²) in [5.74, 6) is -1.08. The number of carboxylic acids is 1. The summed E-state index contributed by atoms with van der Waals surface area (Å²) in [5.41, 5.74) is 0.659. The highest BCUT2D eigenvalue weighted by atomic mass is 16.4. The molecule has 1 heterocycles. The van der Waals surface area contributed by atoms with E-state index in [1.807, 2.05) is 13.8 Å². The first kappa shape index (κ1) is 14.0. The number of urea groups is 1. The number of carboxylic acid groups (broad SMARTS) is 1. The SMILES string of the molecule is CCC(C)NC(=O)N[C@H](Cc1cnc[nH]1)C(=O)O. The number of carbonyl (C=O) groups is 2. The van der Waals surface area contributed by atoms with Crippen molar-refractivity contribution in [1.29, 1.82) is 0 Å². The molecule has 0 spiro atoms. The van der Waals surface area contributed by atoms with Crippen LogP contribution in [0.15, 0.2) is 12.5 Å². The monoisotopic (exact) mass is 254 g/mol. The molecule has 0 aliphatic carbocycles. The zero-order valence-electron chi connectivity index (χ0n) is 10.4. The predicted octanol–water partition coefficient (Wildman–Crippen LogP) is 0.503. The van der Waals surface area contributed by atoms with Crippen molar-refractivity contribution >= 4 is 12.0 Å². The lowest BCUT2D eigenvalue weighted by Gasteiger charge is -2.17. The first-order chi connectivity index (χ1) is 8.52. The number of amides is 2. The first-order valence-electron chi connectivity index (χ1n) is 5.80. The molecular weight excluding hydrogens is 236 g/mol. The lowest BCUT2D eigenvalue weighted by molar-refractivity contribution is -0.139. The van der Waals surface area contributed by atoms with Crippen LogP contribution in [0.5, 0.6) is 0 Å². The highest BCUT2D eigenvalue weighted by molar-refractivity contribution is 5.82. The second kappa shape index (κ2) is 6.63. The van der Waals surface area contributed by atoms with Gasteiger partial charge in [-0.05, 0) is 13.3 Å². The molecule has 0 aliphatic heterocycles. The largest absolute Gasteiger partial charge is 0.480 e. The van der Waals surface area contributed by atoms with Crippen molar-refractivity contribution in [3.63, 3.8) is 0 Å². The molecule has 2 atom stereocenters. The Labute approximate surface area is 105 Å². The van der Waals surface area contributed by atoms with Gasteiger partial charge in [0.25, 0.3) is 0 Å². The Balaban J connectivity index is 2.53. The van der Waals surface area contributed by atoms with Crippen LogP contribution in [0.3, 0.4) is 0 Å². The topological polar surface area (TPSA) is 107 Å². The molecule has 0 saturated heterocycles. The van der Waals surface area contributed by atoms with Crippen LogP contribution in [0.4, 0.5) is 4.79 Å². The predicted molar refractivity (Wildman–Crippen MR) is 65.1 cm³/mol. The summed E-state index contributed by atoms with van der Waals surface area (Å²) in [6.45, 7) is 3.79. The van der Waals surface area contributed by atoms with E-state index in [-0.39, 0.29) is 12.5 Å². The minimum atomic E-state index is -1.08. The molecule has 1 aromatic heterocycles. The van der Waals surface area contributed by atoms with Gasteiger partial charge in [-0.2, -0.15) is 0 Å². The van der Waals surface area contributed by atoms with Gasteiger partial charge in [0, 0.05) is 24.4 Å². The Morgan fingerprint density at radius 3 is 2.72 bits per heavy atom. The summed E-state index contributed by atoms with van der Waals surface area (Å²) in [7, 11) is 0. The molecule has 0 bridgehead atoms. The van der Waals surface area contributed by atoms with Gasteiger partial charge in [0.05, 0.1) is 6.33 Å². The molecule has 1 rings (SSSR count).